The average Bonchev–Trinajstić information content (AvgIpc) is 2.25. The van der Waals surface area contributed by atoms with E-state index in [4.69, 9.17) is 11.6 Å². The lowest BCUT2D eigenvalue weighted by molar-refractivity contribution is -0.134. The summed E-state index contributed by atoms with van der Waals surface area (Å²) in [6, 6.07) is 0.292. The topological polar surface area (TPSA) is 20.3 Å². The fourth-order valence-electron chi connectivity index (χ4n) is 2.05. The van der Waals surface area contributed by atoms with E-state index in [0.29, 0.717) is 30.2 Å². The summed E-state index contributed by atoms with van der Waals surface area (Å²) in [7, 11) is 0. The molecule has 0 radical (unpaired) electrons. The highest BCUT2D eigenvalue weighted by molar-refractivity contribution is 6.18. The third-order valence-electron chi connectivity index (χ3n) is 3.06. The Morgan fingerprint density at radius 1 is 1.47 bits per heavy atom. The van der Waals surface area contributed by atoms with Crippen LogP contribution in [0.5, 0.6) is 0 Å². The molecule has 1 atom stereocenters. The summed E-state index contributed by atoms with van der Waals surface area (Å²) < 4.78 is 0. The Morgan fingerprint density at radius 3 is 2.80 bits per heavy atom. The molecule has 1 saturated heterocycles. The van der Waals surface area contributed by atoms with E-state index in [1.165, 1.54) is 6.42 Å². The van der Waals surface area contributed by atoms with Gasteiger partial charge in [-0.15, -0.1) is 11.6 Å². The van der Waals surface area contributed by atoms with E-state index in [-0.39, 0.29) is 0 Å². The molecular formula is C12H22ClNO. The highest BCUT2D eigenvalue weighted by atomic mass is 35.5. The van der Waals surface area contributed by atoms with Gasteiger partial charge in [0.1, 0.15) is 0 Å². The predicted octanol–water partition coefficient (Wildman–Crippen LogP) is 3.04. The van der Waals surface area contributed by atoms with E-state index in [0.717, 1.165) is 25.8 Å². The van der Waals surface area contributed by atoms with Crippen LogP contribution in [-0.4, -0.2) is 29.3 Å². The zero-order chi connectivity index (χ0) is 11.3. The van der Waals surface area contributed by atoms with Crippen molar-refractivity contribution in [3.8, 4) is 0 Å². The van der Waals surface area contributed by atoms with Crippen LogP contribution < -0.4 is 0 Å². The largest absolute Gasteiger partial charge is 0.339 e. The first-order valence-electron chi connectivity index (χ1n) is 6.00. The van der Waals surface area contributed by atoms with Crippen molar-refractivity contribution in [3.63, 3.8) is 0 Å². The molecule has 88 valence electrons. The molecule has 0 aromatic rings. The fraction of sp³-hybridized carbons (Fsp3) is 0.917. The van der Waals surface area contributed by atoms with Crippen molar-refractivity contribution < 1.29 is 4.79 Å². The van der Waals surface area contributed by atoms with Gasteiger partial charge in [-0.1, -0.05) is 13.8 Å². The molecule has 1 aliphatic heterocycles. The Kier molecular flexibility index (Phi) is 5.44. The van der Waals surface area contributed by atoms with Crippen LogP contribution in [0.15, 0.2) is 0 Å². The lowest BCUT2D eigenvalue weighted by Crippen LogP contribution is -2.44. The summed E-state index contributed by atoms with van der Waals surface area (Å²) in [4.78, 5) is 13.9. The lowest BCUT2D eigenvalue weighted by atomic mass is 10.0. The van der Waals surface area contributed by atoms with Crippen molar-refractivity contribution in [2.45, 2.75) is 52.0 Å². The number of likely N-dealkylation sites (tertiary alicyclic amines) is 1. The Morgan fingerprint density at radius 2 is 2.20 bits per heavy atom. The third-order valence-corrected chi connectivity index (χ3v) is 3.42. The summed E-state index contributed by atoms with van der Waals surface area (Å²) in [5.74, 6) is 1.50. The first kappa shape index (κ1) is 12.8. The molecule has 1 fully saturated rings. The van der Waals surface area contributed by atoms with Crippen molar-refractivity contribution >= 4 is 17.5 Å². The molecule has 0 aliphatic carbocycles. The second-order valence-corrected chi connectivity index (χ2v) is 5.13. The summed E-state index contributed by atoms with van der Waals surface area (Å²) >= 11 is 5.89. The molecule has 0 bridgehead atoms. The molecule has 1 unspecified atom stereocenters. The minimum atomic E-state index is 0.292. The third kappa shape index (κ3) is 4.02. The van der Waals surface area contributed by atoms with Crippen LogP contribution in [0.25, 0.3) is 0 Å². The normalized spacial score (nSPS) is 22.1. The summed E-state index contributed by atoms with van der Waals surface area (Å²) in [6.07, 6.45) is 5.11. The molecule has 0 aromatic carbocycles. The molecular weight excluding hydrogens is 210 g/mol. The van der Waals surface area contributed by atoms with Crippen LogP contribution in [0.4, 0.5) is 0 Å². The maximum absolute atomic E-state index is 11.9. The van der Waals surface area contributed by atoms with Crippen molar-refractivity contribution in [1.29, 1.82) is 0 Å². The molecule has 2 nitrogen and oxygen atoms in total. The lowest BCUT2D eigenvalue weighted by Gasteiger charge is -2.34. The summed E-state index contributed by atoms with van der Waals surface area (Å²) in [6.45, 7) is 5.22. The highest BCUT2D eigenvalue weighted by Crippen LogP contribution is 2.20. The van der Waals surface area contributed by atoms with Gasteiger partial charge in [0.15, 0.2) is 0 Å². The van der Waals surface area contributed by atoms with Crippen LogP contribution in [-0.2, 0) is 4.79 Å². The molecule has 0 saturated carbocycles. The quantitative estimate of drug-likeness (QED) is 0.681. The Bertz CT molecular complexity index is 206. The van der Waals surface area contributed by atoms with Gasteiger partial charge in [-0.2, -0.15) is 0 Å². The number of rotatable bonds is 4. The first-order chi connectivity index (χ1) is 7.15. The second-order valence-electron chi connectivity index (χ2n) is 4.82. The number of carbonyl (C=O) groups excluding carboxylic acids is 1. The Labute approximate surface area is 98.0 Å². The fourth-order valence-corrected chi connectivity index (χ4v) is 2.37. The molecule has 1 aliphatic rings. The van der Waals surface area contributed by atoms with E-state index in [1.54, 1.807) is 0 Å². The number of alkyl halides is 1. The minimum absolute atomic E-state index is 0.292. The molecule has 0 spiro atoms. The average molecular weight is 232 g/mol. The van der Waals surface area contributed by atoms with Crippen molar-refractivity contribution in [2.75, 3.05) is 12.4 Å². The van der Waals surface area contributed by atoms with Crippen LogP contribution >= 0.6 is 11.6 Å². The Balaban J connectivity index is 2.41. The first-order valence-corrected chi connectivity index (χ1v) is 6.54. The van der Waals surface area contributed by atoms with Gasteiger partial charge < -0.3 is 4.90 Å². The van der Waals surface area contributed by atoms with E-state index >= 15 is 0 Å². The smallest absolute Gasteiger partial charge is 0.222 e. The monoisotopic (exact) mass is 231 g/mol. The number of carbonyl (C=O) groups is 1. The number of amides is 1. The van der Waals surface area contributed by atoms with Crippen molar-refractivity contribution in [1.82, 2.24) is 4.90 Å². The molecule has 15 heavy (non-hydrogen) atoms. The van der Waals surface area contributed by atoms with Gasteiger partial charge in [-0.3, -0.25) is 4.79 Å². The van der Waals surface area contributed by atoms with Crippen LogP contribution in [0.3, 0.4) is 0 Å². The molecule has 3 heteroatoms. The molecule has 0 aromatic heterocycles. The van der Waals surface area contributed by atoms with Gasteiger partial charge in [0, 0.05) is 24.9 Å². The van der Waals surface area contributed by atoms with Crippen LogP contribution in [0, 0.1) is 5.92 Å². The standard InChI is InChI=1S/C12H22ClNO/c1-10(2)6-7-12(15)14-8-4-3-5-11(14)9-13/h10-11H,3-9H2,1-2H3. The molecule has 1 amide bonds. The molecule has 1 rings (SSSR count). The SMILES string of the molecule is CC(C)CCC(=O)N1CCCCC1CCl. The minimum Gasteiger partial charge on any atom is -0.339 e. The van der Waals surface area contributed by atoms with Crippen LogP contribution in [0.2, 0.25) is 0 Å². The van der Waals surface area contributed by atoms with Gasteiger partial charge in [-0.25, -0.2) is 0 Å². The number of nitrogens with zero attached hydrogens (tertiary/aromatic N) is 1. The van der Waals surface area contributed by atoms with E-state index < -0.39 is 0 Å². The molecule has 1 heterocycles. The number of piperidine rings is 1. The zero-order valence-corrected chi connectivity index (χ0v) is 10.6. The number of halogens is 1. The zero-order valence-electron chi connectivity index (χ0n) is 9.84. The van der Waals surface area contributed by atoms with Gasteiger partial charge >= 0.3 is 0 Å². The number of hydrogen-bond donors (Lipinski definition) is 0. The van der Waals surface area contributed by atoms with E-state index in [9.17, 15) is 4.79 Å². The van der Waals surface area contributed by atoms with Gasteiger partial charge in [-0.05, 0) is 31.6 Å². The highest BCUT2D eigenvalue weighted by Gasteiger charge is 2.25. The van der Waals surface area contributed by atoms with E-state index in [1.807, 2.05) is 4.90 Å². The van der Waals surface area contributed by atoms with Crippen LogP contribution in [0.1, 0.15) is 46.0 Å². The maximum Gasteiger partial charge on any atom is 0.222 e. The summed E-state index contributed by atoms with van der Waals surface area (Å²) in [5, 5.41) is 0. The van der Waals surface area contributed by atoms with Gasteiger partial charge in [0.2, 0.25) is 5.91 Å². The van der Waals surface area contributed by atoms with Crippen molar-refractivity contribution in [3.05, 3.63) is 0 Å². The Hall–Kier alpha value is -0.240. The second kappa shape index (κ2) is 6.37. The maximum atomic E-state index is 11.9. The van der Waals surface area contributed by atoms with E-state index in [2.05, 4.69) is 13.8 Å². The number of hydrogen-bond acceptors (Lipinski definition) is 1. The van der Waals surface area contributed by atoms with Gasteiger partial charge in [0.25, 0.3) is 0 Å². The summed E-state index contributed by atoms with van der Waals surface area (Å²) in [5.41, 5.74) is 0. The predicted molar refractivity (Wildman–Crippen MR) is 64.1 cm³/mol. The van der Waals surface area contributed by atoms with Crippen molar-refractivity contribution in [2.24, 2.45) is 5.92 Å². The molecule has 0 N–H and O–H groups in total. The van der Waals surface area contributed by atoms with Gasteiger partial charge in [0.05, 0.1) is 0 Å².